The molecule has 4 N–H and O–H groups in total. The standard InChI is InChI=1S/C11H13BrN2O3/c1-2-8(13)10(15)14-9-4-3-6(12)5-7(9)11(16)17/h3-5,8H,2,13H2,1H3,(H,14,15)(H,16,17). The van der Waals surface area contributed by atoms with Gasteiger partial charge in [-0.2, -0.15) is 0 Å². The highest BCUT2D eigenvalue weighted by Gasteiger charge is 2.16. The zero-order valence-corrected chi connectivity index (χ0v) is 10.8. The number of carbonyl (C=O) groups is 2. The summed E-state index contributed by atoms with van der Waals surface area (Å²) in [5.41, 5.74) is 5.82. The summed E-state index contributed by atoms with van der Waals surface area (Å²) in [6, 6.07) is 3.96. The van der Waals surface area contributed by atoms with E-state index in [1.54, 1.807) is 13.0 Å². The van der Waals surface area contributed by atoms with E-state index < -0.39 is 17.9 Å². The Bertz CT molecular complexity index is 448. The Morgan fingerprint density at radius 2 is 2.18 bits per heavy atom. The zero-order chi connectivity index (χ0) is 13.0. The lowest BCUT2D eigenvalue weighted by Crippen LogP contribution is -2.35. The molecule has 0 saturated heterocycles. The predicted molar refractivity (Wildman–Crippen MR) is 68.0 cm³/mol. The van der Waals surface area contributed by atoms with E-state index >= 15 is 0 Å². The summed E-state index contributed by atoms with van der Waals surface area (Å²) >= 11 is 3.17. The van der Waals surface area contributed by atoms with Crippen molar-refractivity contribution in [3.05, 3.63) is 28.2 Å². The van der Waals surface area contributed by atoms with Crippen LogP contribution < -0.4 is 11.1 Å². The van der Waals surface area contributed by atoms with Gasteiger partial charge in [-0.25, -0.2) is 4.79 Å². The number of amides is 1. The molecule has 0 fully saturated rings. The van der Waals surface area contributed by atoms with E-state index in [0.29, 0.717) is 10.9 Å². The Hall–Kier alpha value is -1.40. The van der Waals surface area contributed by atoms with Gasteiger partial charge in [-0.1, -0.05) is 22.9 Å². The topological polar surface area (TPSA) is 92.4 Å². The lowest BCUT2D eigenvalue weighted by atomic mass is 10.1. The second kappa shape index (κ2) is 5.79. The fourth-order valence-corrected chi connectivity index (χ4v) is 1.57. The third-order valence-corrected chi connectivity index (χ3v) is 2.74. The molecule has 0 aliphatic rings. The lowest BCUT2D eigenvalue weighted by Gasteiger charge is -2.12. The van der Waals surface area contributed by atoms with Crippen molar-refractivity contribution in [3.63, 3.8) is 0 Å². The van der Waals surface area contributed by atoms with Crippen molar-refractivity contribution in [2.24, 2.45) is 5.73 Å². The summed E-state index contributed by atoms with van der Waals surface area (Å²) in [4.78, 5) is 22.6. The molecule has 1 amide bonds. The molecule has 1 atom stereocenters. The fourth-order valence-electron chi connectivity index (χ4n) is 1.21. The summed E-state index contributed by atoms with van der Waals surface area (Å²) in [7, 11) is 0. The maximum Gasteiger partial charge on any atom is 0.337 e. The monoisotopic (exact) mass is 300 g/mol. The van der Waals surface area contributed by atoms with Crippen LogP contribution in [0.5, 0.6) is 0 Å². The molecule has 0 radical (unpaired) electrons. The van der Waals surface area contributed by atoms with Crippen LogP contribution in [0.1, 0.15) is 23.7 Å². The van der Waals surface area contributed by atoms with Crippen molar-refractivity contribution in [3.8, 4) is 0 Å². The summed E-state index contributed by atoms with van der Waals surface area (Å²) < 4.78 is 0.632. The van der Waals surface area contributed by atoms with E-state index in [4.69, 9.17) is 10.8 Å². The summed E-state index contributed by atoms with van der Waals surface area (Å²) in [5.74, 6) is -1.50. The number of aromatic carboxylic acids is 1. The normalized spacial score (nSPS) is 11.9. The number of rotatable bonds is 4. The molecule has 0 aliphatic carbocycles. The number of carboxylic acids is 1. The van der Waals surface area contributed by atoms with Crippen LogP contribution in [0, 0.1) is 0 Å². The van der Waals surface area contributed by atoms with Crippen LogP contribution >= 0.6 is 15.9 Å². The SMILES string of the molecule is CCC(N)C(=O)Nc1ccc(Br)cc1C(=O)O. The van der Waals surface area contributed by atoms with Crippen LogP contribution in [0.2, 0.25) is 0 Å². The number of hydrogen-bond donors (Lipinski definition) is 3. The van der Waals surface area contributed by atoms with Gasteiger partial charge in [0.25, 0.3) is 0 Å². The number of carbonyl (C=O) groups excluding carboxylic acids is 1. The van der Waals surface area contributed by atoms with Crippen LogP contribution in [0.15, 0.2) is 22.7 Å². The molecule has 1 aromatic carbocycles. The van der Waals surface area contributed by atoms with Gasteiger partial charge < -0.3 is 16.2 Å². The average molecular weight is 301 g/mol. The van der Waals surface area contributed by atoms with Gasteiger partial charge in [0, 0.05) is 4.47 Å². The third kappa shape index (κ3) is 3.54. The Labute approximate surface area is 107 Å². The van der Waals surface area contributed by atoms with E-state index in [0.717, 1.165) is 0 Å². The Morgan fingerprint density at radius 3 is 2.71 bits per heavy atom. The molecule has 0 saturated carbocycles. The van der Waals surface area contributed by atoms with Crippen molar-refractivity contribution in [2.75, 3.05) is 5.32 Å². The largest absolute Gasteiger partial charge is 0.478 e. The summed E-state index contributed by atoms with van der Waals surface area (Å²) in [6.07, 6.45) is 0.491. The molecule has 0 spiro atoms. The minimum absolute atomic E-state index is 0.0241. The molecule has 5 nitrogen and oxygen atoms in total. The van der Waals surface area contributed by atoms with Gasteiger partial charge in [-0.15, -0.1) is 0 Å². The molecule has 1 unspecified atom stereocenters. The third-order valence-electron chi connectivity index (χ3n) is 2.25. The molecule has 1 rings (SSSR count). The number of halogens is 1. The van der Waals surface area contributed by atoms with Crippen LogP contribution in [0.4, 0.5) is 5.69 Å². The molecule has 0 heterocycles. The first-order valence-corrected chi connectivity index (χ1v) is 5.84. The lowest BCUT2D eigenvalue weighted by molar-refractivity contribution is -0.117. The quantitative estimate of drug-likeness (QED) is 0.791. The smallest absolute Gasteiger partial charge is 0.337 e. The summed E-state index contributed by atoms with van der Waals surface area (Å²) in [6.45, 7) is 1.78. The highest BCUT2D eigenvalue weighted by molar-refractivity contribution is 9.10. The number of anilines is 1. The maximum atomic E-state index is 11.6. The number of nitrogens with two attached hydrogens (primary N) is 1. The highest BCUT2D eigenvalue weighted by Crippen LogP contribution is 2.21. The second-order valence-electron chi connectivity index (χ2n) is 3.50. The zero-order valence-electron chi connectivity index (χ0n) is 9.24. The van der Waals surface area contributed by atoms with E-state index in [9.17, 15) is 9.59 Å². The van der Waals surface area contributed by atoms with Crippen molar-refractivity contribution >= 4 is 33.5 Å². The first-order chi connectivity index (χ1) is 7.95. The number of hydrogen-bond acceptors (Lipinski definition) is 3. The molecular weight excluding hydrogens is 288 g/mol. The predicted octanol–water partition coefficient (Wildman–Crippen LogP) is 1.82. The molecule has 6 heteroatoms. The van der Waals surface area contributed by atoms with Crippen LogP contribution in [0.25, 0.3) is 0 Å². The fraction of sp³-hybridized carbons (Fsp3) is 0.273. The van der Waals surface area contributed by atoms with Gasteiger partial charge in [0.1, 0.15) is 0 Å². The Morgan fingerprint density at radius 1 is 1.53 bits per heavy atom. The van der Waals surface area contributed by atoms with Gasteiger partial charge in [-0.05, 0) is 24.6 Å². The van der Waals surface area contributed by atoms with E-state index in [1.807, 2.05) is 0 Å². The van der Waals surface area contributed by atoms with Gasteiger partial charge in [0.2, 0.25) is 5.91 Å². The second-order valence-corrected chi connectivity index (χ2v) is 4.41. The highest BCUT2D eigenvalue weighted by atomic mass is 79.9. The Balaban J connectivity index is 2.98. The molecule has 0 aromatic heterocycles. The first-order valence-electron chi connectivity index (χ1n) is 5.05. The summed E-state index contributed by atoms with van der Waals surface area (Å²) in [5, 5.41) is 11.5. The number of carboxylic acid groups (broad SMARTS) is 1. The minimum Gasteiger partial charge on any atom is -0.478 e. The minimum atomic E-state index is -1.10. The van der Waals surface area contributed by atoms with Crippen LogP contribution in [-0.4, -0.2) is 23.0 Å². The van der Waals surface area contributed by atoms with Crippen molar-refractivity contribution in [1.82, 2.24) is 0 Å². The van der Waals surface area contributed by atoms with Gasteiger partial charge in [-0.3, -0.25) is 4.79 Å². The van der Waals surface area contributed by atoms with Gasteiger partial charge >= 0.3 is 5.97 Å². The van der Waals surface area contributed by atoms with Gasteiger partial charge in [0.15, 0.2) is 0 Å². The maximum absolute atomic E-state index is 11.6. The molecule has 0 aliphatic heterocycles. The number of benzene rings is 1. The van der Waals surface area contributed by atoms with Crippen molar-refractivity contribution in [2.45, 2.75) is 19.4 Å². The van der Waals surface area contributed by atoms with Crippen LogP contribution in [0.3, 0.4) is 0 Å². The average Bonchev–Trinajstić information content (AvgIpc) is 2.29. The van der Waals surface area contributed by atoms with E-state index in [2.05, 4.69) is 21.2 Å². The number of nitrogens with one attached hydrogen (secondary N) is 1. The van der Waals surface area contributed by atoms with Gasteiger partial charge in [0.05, 0.1) is 17.3 Å². The molecule has 0 bridgehead atoms. The first kappa shape index (κ1) is 13.7. The molecular formula is C11H13BrN2O3. The molecule has 1 aromatic rings. The van der Waals surface area contributed by atoms with Crippen molar-refractivity contribution < 1.29 is 14.7 Å². The van der Waals surface area contributed by atoms with E-state index in [1.165, 1.54) is 12.1 Å². The van der Waals surface area contributed by atoms with E-state index in [-0.39, 0.29) is 11.3 Å². The molecule has 17 heavy (non-hydrogen) atoms. The molecule has 92 valence electrons. The van der Waals surface area contributed by atoms with Crippen molar-refractivity contribution in [1.29, 1.82) is 0 Å². The Kier molecular flexibility index (Phi) is 4.65. The van der Waals surface area contributed by atoms with Crippen LogP contribution in [-0.2, 0) is 4.79 Å².